The zero-order valence-corrected chi connectivity index (χ0v) is 12.0. The molecule has 2 aliphatic rings. The van der Waals surface area contributed by atoms with Crippen LogP contribution in [0.15, 0.2) is 23.3 Å². The number of nitrogens with zero attached hydrogens (tertiary/aromatic N) is 1. The van der Waals surface area contributed by atoms with E-state index in [1.54, 1.807) is 6.07 Å². The molecule has 1 aromatic carbocycles. The lowest BCUT2D eigenvalue weighted by atomic mass is 9.90. The van der Waals surface area contributed by atoms with Gasteiger partial charge in [-0.15, -0.1) is 0 Å². The number of hydrazone groups is 1. The van der Waals surface area contributed by atoms with E-state index in [1.807, 2.05) is 0 Å². The van der Waals surface area contributed by atoms with Gasteiger partial charge < -0.3 is 10.2 Å². The number of nitrogens with one attached hydrogen (secondary N) is 1. The van der Waals surface area contributed by atoms with Crippen LogP contribution in [0.1, 0.15) is 38.2 Å². The van der Waals surface area contributed by atoms with E-state index in [-0.39, 0.29) is 28.7 Å². The Morgan fingerprint density at radius 2 is 2.19 bits per heavy atom. The Balaban J connectivity index is 1.59. The van der Waals surface area contributed by atoms with E-state index in [0.29, 0.717) is 11.5 Å². The molecule has 0 bridgehead atoms. The molecule has 1 amide bonds. The molecule has 2 aliphatic carbocycles. The van der Waals surface area contributed by atoms with Gasteiger partial charge in [-0.05, 0) is 47.9 Å². The Morgan fingerprint density at radius 3 is 2.86 bits per heavy atom. The first-order valence-electron chi connectivity index (χ1n) is 7.37. The molecule has 5 nitrogen and oxygen atoms in total. The van der Waals surface area contributed by atoms with Crippen molar-refractivity contribution < 1.29 is 15.0 Å². The molecule has 3 N–H and O–H groups in total. The van der Waals surface area contributed by atoms with E-state index in [9.17, 15) is 15.0 Å². The fourth-order valence-electron chi connectivity index (χ4n) is 3.71. The molecule has 1 aromatic rings. The Morgan fingerprint density at radius 1 is 1.38 bits per heavy atom. The van der Waals surface area contributed by atoms with Crippen molar-refractivity contribution in [1.82, 2.24) is 5.43 Å². The quantitative estimate of drug-likeness (QED) is 0.454. The number of phenolic OH excluding ortho intramolecular Hbond substituents is 2. The normalized spacial score (nSPS) is 30.9. The lowest BCUT2D eigenvalue weighted by Crippen LogP contribution is -2.22. The summed E-state index contributed by atoms with van der Waals surface area (Å²) in [5.74, 6) is 0.213. The third-order valence-corrected chi connectivity index (χ3v) is 5.00. The van der Waals surface area contributed by atoms with Crippen LogP contribution in [0, 0.1) is 17.3 Å². The molecular weight excluding hydrogens is 268 g/mol. The lowest BCUT2D eigenvalue weighted by Gasteiger charge is -2.15. The molecule has 21 heavy (non-hydrogen) atoms. The zero-order valence-electron chi connectivity index (χ0n) is 12.0. The summed E-state index contributed by atoms with van der Waals surface area (Å²) >= 11 is 0. The summed E-state index contributed by atoms with van der Waals surface area (Å²) in [7, 11) is 0. The van der Waals surface area contributed by atoms with Crippen molar-refractivity contribution in [3.63, 3.8) is 0 Å². The highest BCUT2D eigenvalue weighted by Gasteiger charge is 2.64. The molecule has 112 valence electrons. The Bertz CT molecular complexity index is 599. The molecule has 2 fully saturated rings. The minimum Gasteiger partial charge on any atom is -0.504 e. The lowest BCUT2D eigenvalue weighted by molar-refractivity contribution is -0.123. The van der Waals surface area contributed by atoms with Gasteiger partial charge in [0.1, 0.15) is 0 Å². The SMILES string of the molecule is C[C@]12CCCC[C@H]1[C@H]2C(=O)N/N=C\c1ccc(O)c(O)c1. The van der Waals surface area contributed by atoms with Crippen molar-refractivity contribution in [2.75, 3.05) is 0 Å². The highest BCUT2D eigenvalue weighted by molar-refractivity contribution is 5.86. The van der Waals surface area contributed by atoms with Crippen molar-refractivity contribution in [3.05, 3.63) is 23.8 Å². The summed E-state index contributed by atoms with van der Waals surface area (Å²) in [5.41, 5.74) is 3.39. The first-order valence-corrected chi connectivity index (χ1v) is 7.37. The highest BCUT2D eigenvalue weighted by atomic mass is 16.3. The standard InChI is InChI=1S/C16H20N2O3/c1-16-7-3-2-4-11(16)14(16)15(21)18-17-9-10-5-6-12(19)13(20)8-10/h5-6,8-9,11,14,19-20H,2-4,7H2,1H3,(H,18,21)/b17-9-/t11-,14-,16-/m0/s1. The minimum absolute atomic E-state index is 0.0105. The van der Waals surface area contributed by atoms with Crippen LogP contribution in [0.4, 0.5) is 0 Å². The predicted octanol–water partition coefficient (Wildman–Crippen LogP) is 2.37. The average Bonchev–Trinajstić information content (AvgIpc) is 3.08. The molecular formula is C16H20N2O3. The summed E-state index contributed by atoms with van der Waals surface area (Å²) < 4.78 is 0. The number of phenols is 2. The summed E-state index contributed by atoms with van der Waals surface area (Å²) in [6, 6.07) is 4.39. The van der Waals surface area contributed by atoms with Crippen molar-refractivity contribution in [2.24, 2.45) is 22.4 Å². The number of carbonyl (C=O) groups is 1. The van der Waals surface area contributed by atoms with Crippen LogP contribution < -0.4 is 5.43 Å². The first kappa shape index (κ1) is 13.9. The van der Waals surface area contributed by atoms with Crippen LogP contribution in [0.25, 0.3) is 0 Å². The van der Waals surface area contributed by atoms with Gasteiger partial charge in [0.15, 0.2) is 11.5 Å². The molecule has 0 aromatic heterocycles. The number of benzene rings is 1. The zero-order chi connectivity index (χ0) is 15.0. The van der Waals surface area contributed by atoms with Gasteiger partial charge in [0.2, 0.25) is 5.91 Å². The fourth-order valence-corrected chi connectivity index (χ4v) is 3.71. The topological polar surface area (TPSA) is 81.9 Å². The molecule has 3 rings (SSSR count). The smallest absolute Gasteiger partial charge is 0.244 e. The second-order valence-corrected chi connectivity index (χ2v) is 6.32. The van der Waals surface area contributed by atoms with Gasteiger partial charge in [-0.3, -0.25) is 4.79 Å². The number of fused-ring (bicyclic) bond motifs is 1. The van der Waals surface area contributed by atoms with E-state index in [1.165, 1.54) is 31.2 Å². The molecule has 2 saturated carbocycles. The Labute approximate surface area is 123 Å². The van der Waals surface area contributed by atoms with Crippen molar-refractivity contribution in [3.8, 4) is 11.5 Å². The van der Waals surface area contributed by atoms with Gasteiger partial charge in [-0.2, -0.15) is 5.10 Å². The number of carbonyl (C=O) groups excluding carboxylic acids is 1. The fraction of sp³-hybridized carbons (Fsp3) is 0.500. The maximum absolute atomic E-state index is 12.2. The Hall–Kier alpha value is -2.04. The largest absolute Gasteiger partial charge is 0.504 e. The molecule has 0 heterocycles. The maximum atomic E-state index is 12.2. The monoisotopic (exact) mass is 288 g/mol. The summed E-state index contributed by atoms with van der Waals surface area (Å²) in [5, 5.41) is 22.5. The van der Waals surface area contributed by atoms with E-state index >= 15 is 0 Å². The number of amides is 1. The van der Waals surface area contributed by atoms with Gasteiger partial charge in [0.25, 0.3) is 0 Å². The summed E-state index contributed by atoms with van der Waals surface area (Å²) in [6.45, 7) is 2.20. The highest BCUT2D eigenvalue weighted by Crippen LogP contribution is 2.66. The van der Waals surface area contributed by atoms with Gasteiger partial charge in [0, 0.05) is 5.92 Å². The Kier molecular flexibility index (Phi) is 3.35. The van der Waals surface area contributed by atoms with Crippen LogP contribution in [0.5, 0.6) is 11.5 Å². The van der Waals surface area contributed by atoms with Crippen molar-refractivity contribution in [1.29, 1.82) is 0 Å². The van der Waals surface area contributed by atoms with Gasteiger partial charge >= 0.3 is 0 Å². The van der Waals surface area contributed by atoms with Crippen LogP contribution in [-0.2, 0) is 4.79 Å². The van der Waals surface area contributed by atoms with Gasteiger partial charge in [-0.1, -0.05) is 19.8 Å². The number of rotatable bonds is 3. The van der Waals surface area contributed by atoms with E-state index in [4.69, 9.17) is 0 Å². The molecule has 0 aliphatic heterocycles. The molecule has 0 radical (unpaired) electrons. The second kappa shape index (κ2) is 5.06. The minimum atomic E-state index is -0.203. The molecule has 0 saturated heterocycles. The van der Waals surface area contributed by atoms with E-state index < -0.39 is 0 Å². The molecule has 5 heteroatoms. The van der Waals surface area contributed by atoms with Gasteiger partial charge in [-0.25, -0.2) is 5.43 Å². The van der Waals surface area contributed by atoms with E-state index in [0.717, 1.165) is 12.8 Å². The third-order valence-electron chi connectivity index (χ3n) is 5.00. The van der Waals surface area contributed by atoms with Crippen LogP contribution >= 0.6 is 0 Å². The molecule has 0 unspecified atom stereocenters. The predicted molar refractivity (Wildman–Crippen MR) is 79.1 cm³/mol. The number of hydrogen-bond donors (Lipinski definition) is 3. The van der Waals surface area contributed by atoms with Crippen LogP contribution in [-0.4, -0.2) is 22.3 Å². The van der Waals surface area contributed by atoms with E-state index in [2.05, 4.69) is 17.5 Å². The first-order chi connectivity index (χ1) is 10.0. The third kappa shape index (κ3) is 2.48. The average molecular weight is 288 g/mol. The maximum Gasteiger partial charge on any atom is 0.244 e. The van der Waals surface area contributed by atoms with Crippen LogP contribution in [0.2, 0.25) is 0 Å². The van der Waals surface area contributed by atoms with Crippen LogP contribution in [0.3, 0.4) is 0 Å². The number of aromatic hydroxyl groups is 2. The van der Waals surface area contributed by atoms with Gasteiger partial charge in [0.05, 0.1) is 6.21 Å². The molecule has 0 spiro atoms. The number of hydrogen-bond acceptors (Lipinski definition) is 4. The van der Waals surface area contributed by atoms with Crippen molar-refractivity contribution >= 4 is 12.1 Å². The second-order valence-electron chi connectivity index (χ2n) is 6.32. The summed E-state index contributed by atoms with van der Waals surface area (Å²) in [6.07, 6.45) is 6.17. The van der Waals surface area contributed by atoms with Crippen molar-refractivity contribution in [2.45, 2.75) is 32.6 Å². The summed E-state index contributed by atoms with van der Waals surface area (Å²) in [4.78, 5) is 12.2. The molecule has 3 atom stereocenters.